The molecule has 4 heteroatoms. The fourth-order valence-corrected chi connectivity index (χ4v) is 3.06. The topological polar surface area (TPSA) is 37.8 Å². The van der Waals surface area contributed by atoms with Crippen LogP contribution >= 0.6 is 0 Å². The minimum atomic E-state index is -0.208. The van der Waals surface area contributed by atoms with Crippen molar-refractivity contribution in [3.8, 4) is 11.4 Å². The zero-order valence-electron chi connectivity index (χ0n) is 12.1. The minimum Gasteiger partial charge on any atom is -0.312 e. The van der Waals surface area contributed by atoms with Crippen LogP contribution in [0.15, 0.2) is 18.2 Å². The lowest BCUT2D eigenvalue weighted by atomic mass is 10.0. The average molecular weight is 283 g/mol. The number of aryl methyl sites for hydroxylation is 1. The SMILES string of the molecule is Cc1cc(F)ccc1-c1nc2c(c(C3CC3)n1)CNCC2. The Morgan fingerprint density at radius 2 is 2.10 bits per heavy atom. The summed E-state index contributed by atoms with van der Waals surface area (Å²) in [7, 11) is 0. The van der Waals surface area contributed by atoms with E-state index in [-0.39, 0.29) is 5.82 Å². The molecule has 4 rings (SSSR count). The number of rotatable bonds is 2. The van der Waals surface area contributed by atoms with Crippen LogP contribution < -0.4 is 5.32 Å². The van der Waals surface area contributed by atoms with E-state index in [0.29, 0.717) is 5.92 Å². The molecule has 0 radical (unpaired) electrons. The van der Waals surface area contributed by atoms with Gasteiger partial charge in [0, 0.05) is 36.6 Å². The molecule has 108 valence electrons. The third kappa shape index (κ3) is 2.33. The molecule has 0 spiro atoms. The van der Waals surface area contributed by atoms with E-state index in [1.54, 1.807) is 12.1 Å². The zero-order chi connectivity index (χ0) is 14.4. The van der Waals surface area contributed by atoms with Crippen molar-refractivity contribution in [3.63, 3.8) is 0 Å². The summed E-state index contributed by atoms with van der Waals surface area (Å²) >= 11 is 0. The largest absolute Gasteiger partial charge is 0.312 e. The van der Waals surface area contributed by atoms with E-state index in [9.17, 15) is 4.39 Å². The molecule has 0 bridgehead atoms. The number of hydrogen-bond donors (Lipinski definition) is 1. The van der Waals surface area contributed by atoms with Crippen molar-refractivity contribution < 1.29 is 4.39 Å². The zero-order valence-corrected chi connectivity index (χ0v) is 12.1. The maximum absolute atomic E-state index is 13.3. The van der Waals surface area contributed by atoms with Gasteiger partial charge >= 0.3 is 0 Å². The molecule has 1 aromatic carbocycles. The summed E-state index contributed by atoms with van der Waals surface area (Å²) in [5.41, 5.74) is 5.52. The van der Waals surface area contributed by atoms with Gasteiger partial charge in [-0.1, -0.05) is 0 Å². The number of benzene rings is 1. The van der Waals surface area contributed by atoms with E-state index in [1.165, 1.54) is 35.9 Å². The highest BCUT2D eigenvalue weighted by molar-refractivity contribution is 5.61. The van der Waals surface area contributed by atoms with Crippen LogP contribution in [-0.4, -0.2) is 16.5 Å². The van der Waals surface area contributed by atoms with Crippen LogP contribution in [0.2, 0.25) is 0 Å². The number of nitrogens with one attached hydrogen (secondary N) is 1. The first-order valence-electron chi connectivity index (χ1n) is 7.59. The Kier molecular flexibility index (Phi) is 3.00. The molecule has 2 heterocycles. The molecule has 2 aliphatic rings. The van der Waals surface area contributed by atoms with Crippen LogP contribution in [0.1, 0.15) is 41.3 Å². The predicted molar refractivity (Wildman–Crippen MR) is 79.5 cm³/mol. The van der Waals surface area contributed by atoms with E-state index in [2.05, 4.69) is 5.32 Å². The Morgan fingerprint density at radius 3 is 2.86 bits per heavy atom. The van der Waals surface area contributed by atoms with E-state index in [0.717, 1.165) is 36.5 Å². The Balaban J connectivity index is 1.87. The number of hydrogen-bond acceptors (Lipinski definition) is 3. The van der Waals surface area contributed by atoms with E-state index in [1.807, 2.05) is 6.92 Å². The lowest BCUT2D eigenvalue weighted by Crippen LogP contribution is -2.26. The van der Waals surface area contributed by atoms with Crippen LogP contribution in [-0.2, 0) is 13.0 Å². The van der Waals surface area contributed by atoms with E-state index >= 15 is 0 Å². The van der Waals surface area contributed by atoms with Crippen LogP contribution in [0, 0.1) is 12.7 Å². The first-order chi connectivity index (χ1) is 10.2. The summed E-state index contributed by atoms with van der Waals surface area (Å²) in [6.45, 7) is 3.76. The van der Waals surface area contributed by atoms with Crippen molar-refractivity contribution in [1.29, 1.82) is 0 Å². The summed E-state index contributed by atoms with van der Waals surface area (Å²) < 4.78 is 13.3. The Morgan fingerprint density at radius 1 is 1.24 bits per heavy atom. The molecule has 0 atom stereocenters. The summed E-state index contributed by atoms with van der Waals surface area (Å²) in [6, 6.07) is 4.84. The number of halogens is 1. The molecule has 1 N–H and O–H groups in total. The molecule has 1 aliphatic heterocycles. The van der Waals surface area contributed by atoms with Crippen LogP contribution in [0.4, 0.5) is 4.39 Å². The normalized spacial score (nSPS) is 17.6. The molecular weight excluding hydrogens is 265 g/mol. The van der Waals surface area contributed by atoms with Gasteiger partial charge in [-0.25, -0.2) is 14.4 Å². The van der Waals surface area contributed by atoms with Gasteiger partial charge in [-0.3, -0.25) is 0 Å². The van der Waals surface area contributed by atoms with E-state index in [4.69, 9.17) is 9.97 Å². The van der Waals surface area contributed by atoms with Gasteiger partial charge in [0.15, 0.2) is 5.82 Å². The van der Waals surface area contributed by atoms with Gasteiger partial charge in [-0.15, -0.1) is 0 Å². The second-order valence-corrected chi connectivity index (χ2v) is 6.02. The molecular formula is C17H18FN3. The van der Waals surface area contributed by atoms with E-state index < -0.39 is 0 Å². The van der Waals surface area contributed by atoms with Gasteiger partial charge in [-0.2, -0.15) is 0 Å². The Bertz CT molecular complexity index is 707. The quantitative estimate of drug-likeness (QED) is 0.920. The standard InChI is InChI=1S/C17H18FN3/c1-10-8-12(18)4-5-13(10)17-20-15-6-7-19-9-14(15)16(21-17)11-2-3-11/h4-5,8,11,19H,2-3,6-7,9H2,1H3. The van der Waals surface area contributed by atoms with Gasteiger partial charge < -0.3 is 5.32 Å². The first kappa shape index (κ1) is 12.9. The van der Waals surface area contributed by atoms with Crippen LogP contribution in [0.25, 0.3) is 11.4 Å². The maximum atomic E-state index is 13.3. The highest BCUT2D eigenvalue weighted by Crippen LogP contribution is 2.42. The molecule has 2 aromatic rings. The van der Waals surface area contributed by atoms with Gasteiger partial charge in [-0.05, 0) is 43.5 Å². The van der Waals surface area contributed by atoms with Crippen molar-refractivity contribution in [2.24, 2.45) is 0 Å². The second kappa shape index (κ2) is 4.88. The lowest BCUT2D eigenvalue weighted by molar-refractivity contribution is 0.617. The number of aromatic nitrogens is 2. The van der Waals surface area contributed by atoms with Crippen molar-refractivity contribution >= 4 is 0 Å². The van der Waals surface area contributed by atoms with Crippen LogP contribution in [0.3, 0.4) is 0 Å². The monoisotopic (exact) mass is 283 g/mol. The molecule has 0 amide bonds. The third-order valence-corrected chi connectivity index (χ3v) is 4.36. The van der Waals surface area contributed by atoms with Crippen LogP contribution in [0.5, 0.6) is 0 Å². The van der Waals surface area contributed by atoms with Crippen molar-refractivity contribution in [3.05, 3.63) is 46.5 Å². The molecule has 1 saturated carbocycles. The lowest BCUT2D eigenvalue weighted by Gasteiger charge is -2.20. The van der Waals surface area contributed by atoms with Gasteiger partial charge in [0.25, 0.3) is 0 Å². The second-order valence-electron chi connectivity index (χ2n) is 6.02. The Hall–Kier alpha value is -1.81. The average Bonchev–Trinajstić information content (AvgIpc) is 3.30. The van der Waals surface area contributed by atoms with Gasteiger partial charge in [0.1, 0.15) is 5.82 Å². The minimum absolute atomic E-state index is 0.208. The predicted octanol–water partition coefficient (Wildman–Crippen LogP) is 3.11. The number of nitrogens with zero attached hydrogens (tertiary/aromatic N) is 2. The van der Waals surface area contributed by atoms with Crippen molar-refractivity contribution in [2.45, 2.75) is 38.6 Å². The molecule has 1 aromatic heterocycles. The summed E-state index contributed by atoms with van der Waals surface area (Å²) in [5, 5.41) is 3.41. The third-order valence-electron chi connectivity index (χ3n) is 4.36. The molecule has 3 nitrogen and oxygen atoms in total. The Labute approximate surface area is 123 Å². The van der Waals surface area contributed by atoms with Gasteiger partial charge in [0.05, 0.1) is 11.4 Å². The summed E-state index contributed by atoms with van der Waals surface area (Å²) in [4.78, 5) is 9.61. The highest BCUT2D eigenvalue weighted by Gasteiger charge is 2.31. The molecule has 1 fully saturated rings. The molecule has 0 saturated heterocycles. The van der Waals surface area contributed by atoms with Crippen molar-refractivity contribution in [1.82, 2.24) is 15.3 Å². The fraction of sp³-hybridized carbons (Fsp3) is 0.412. The summed E-state index contributed by atoms with van der Waals surface area (Å²) in [5.74, 6) is 1.15. The van der Waals surface area contributed by atoms with Crippen molar-refractivity contribution in [2.75, 3.05) is 6.54 Å². The molecule has 1 aliphatic carbocycles. The summed E-state index contributed by atoms with van der Waals surface area (Å²) in [6.07, 6.45) is 3.40. The number of fused-ring (bicyclic) bond motifs is 1. The first-order valence-corrected chi connectivity index (χ1v) is 7.59. The smallest absolute Gasteiger partial charge is 0.159 e. The molecule has 21 heavy (non-hydrogen) atoms. The highest BCUT2D eigenvalue weighted by atomic mass is 19.1. The van der Waals surface area contributed by atoms with Gasteiger partial charge in [0.2, 0.25) is 0 Å². The fourth-order valence-electron chi connectivity index (χ4n) is 3.06. The maximum Gasteiger partial charge on any atom is 0.159 e. The molecule has 0 unspecified atom stereocenters.